The van der Waals surface area contributed by atoms with Crippen molar-refractivity contribution in [2.24, 2.45) is 0 Å². The zero-order valence-corrected chi connectivity index (χ0v) is 15.3. The minimum atomic E-state index is -0.465. The number of benzene rings is 2. The van der Waals surface area contributed by atoms with Gasteiger partial charge in [-0.25, -0.2) is 0 Å². The van der Waals surface area contributed by atoms with Crippen molar-refractivity contribution in [3.8, 4) is 0 Å². The molecule has 5 nitrogen and oxygen atoms in total. The number of nitrogens with one attached hydrogen (secondary N) is 2. The molecule has 2 N–H and O–H groups in total. The second-order valence-electron chi connectivity index (χ2n) is 6.37. The molecule has 1 heterocycles. The first-order valence-corrected chi connectivity index (χ1v) is 8.81. The van der Waals surface area contributed by atoms with Crippen LogP contribution in [0.15, 0.2) is 77.4 Å². The molecule has 0 spiro atoms. The average Bonchev–Trinajstić information content (AvgIpc) is 3.21. The van der Waals surface area contributed by atoms with Gasteiger partial charge >= 0.3 is 0 Å². The average molecular weight is 362 g/mol. The Bertz CT molecular complexity index is 887. The molecular formula is C22H22N2O3. The normalized spacial score (nSPS) is 13.0. The van der Waals surface area contributed by atoms with Gasteiger partial charge in [0.05, 0.1) is 18.3 Å². The molecule has 0 saturated heterocycles. The molecule has 2 aromatic carbocycles. The highest BCUT2D eigenvalue weighted by atomic mass is 16.3. The van der Waals surface area contributed by atoms with Crippen molar-refractivity contribution in [2.75, 3.05) is 5.32 Å². The van der Waals surface area contributed by atoms with Gasteiger partial charge in [-0.3, -0.25) is 14.9 Å². The zero-order chi connectivity index (χ0) is 19.2. The third-order valence-electron chi connectivity index (χ3n) is 4.33. The second kappa shape index (κ2) is 8.47. The molecule has 1 amide bonds. The summed E-state index contributed by atoms with van der Waals surface area (Å²) in [5.74, 6) is 0.566. The van der Waals surface area contributed by atoms with E-state index in [1.165, 1.54) is 6.92 Å². The van der Waals surface area contributed by atoms with Crippen molar-refractivity contribution in [2.45, 2.75) is 25.9 Å². The Morgan fingerprint density at radius 1 is 0.926 bits per heavy atom. The number of rotatable bonds is 7. The molecule has 138 valence electrons. The molecule has 0 bridgehead atoms. The SMILES string of the molecule is CC(=O)c1ccc(NC(=O)[C@H](C)N[C@@H](c2ccccc2)c2ccco2)cc1. The van der Waals surface area contributed by atoms with Crippen LogP contribution >= 0.6 is 0 Å². The molecule has 1 aromatic heterocycles. The van der Waals surface area contributed by atoms with Crippen molar-refractivity contribution in [1.29, 1.82) is 0 Å². The van der Waals surface area contributed by atoms with Gasteiger partial charge in [0.25, 0.3) is 0 Å². The molecule has 0 fully saturated rings. The van der Waals surface area contributed by atoms with E-state index in [9.17, 15) is 9.59 Å². The molecule has 3 rings (SSSR count). The Kier molecular flexibility index (Phi) is 5.84. The number of anilines is 1. The molecule has 3 aromatic rings. The van der Waals surface area contributed by atoms with Gasteiger partial charge in [-0.15, -0.1) is 0 Å². The standard InChI is InChI=1S/C22H22N2O3/c1-15(22(26)24-19-12-10-17(11-13-19)16(2)25)23-21(20-9-6-14-27-20)18-7-4-3-5-8-18/h3-15,21,23H,1-2H3,(H,24,26)/t15-,21-/m0/s1. The lowest BCUT2D eigenvalue weighted by atomic mass is 10.0. The topological polar surface area (TPSA) is 71.3 Å². The van der Waals surface area contributed by atoms with Crippen molar-refractivity contribution in [1.82, 2.24) is 5.32 Å². The molecule has 0 aliphatic heterocycles. The Morgan fingerprint density at radius 3 is 2.22 bits per heavy atom. The Morgan fingerprint density at radius 2 is 1.63 bits per heavy atom. The smallest absolute Gasteiger partial charge is 0.241 e. The predicted molar refractivity (Wildman–Crippen MR) is 105 cm³/mol. The van der Waals surface area contributed by atoms with Crippen LogP contribution in [0, 0.1) is 0 Å². The largest absolute Gasteiger partial charge is 0.467 e. The van der Waals surface area contributed by atoms with Crippen LogP contribution in [0.1, 0.15) is 41.6 Å². The quantitative estimate of drug-likeness (QED) is 0.618. The first-order chi connectivity index (χ1) is 13.0. The van der Waals surface area contributed by atoms with E-state index in [2.05, 4.69) is 10.6 Å². The molecule has 27 heavy (non-hydrogen) atoms. The molecule has 0 unspecified atom stereocenters. The summed E-state index contributed by atoms with van der Waals surface area (Å²) in [5, 5.41) is 6.19. The lowest BCUT2D eigenvalue weighted by Gasteiger charge is -2.22. The van der Waals surface area contributed by atoms with E-state index in [1.807, 2.05) is 42.5 Å². The van der Waals surface area contributed by atoms with E-state index >= 15 is 0 Å². The molecule has 5 heteroatoms. The number of carbonyl (C=O) groups is 2. The maximum Gasteiger partial charge on any atom is 0.241 e. The molecule has 0 aliphatic carbocycles. The highest BCUT2D eigenvalue weighted by Gasteiger charge is 2.22. The first kappa shape index (κ1) is 18.6. The van der Waals surface area contributed by atoms with Gasteiger partial charge in [-0.2, -0.15) is 0 Å². The number of ketones is 1. The van der Waals surface area contributed by atoms with Crippen LogP contribution < -0.4 is 10.6 Å². The van der Waals surface area contributed by atoms with Gasteiger partial charge < -0.3 is 9.73 Å². The number of amides is 1. The molecule has 0 aliphatic rings. The Hall–Kier alpha value is -3.18. The van der Waals surface area contributed by atoms with E-state index < -0.39 is 6.04 Å². The van der Waals surface area contributed by atoms with Gasteiger partial charge in [0.2, 0.25) is 5.91 Å². The third kappa shape index (κ3) is 4.71. The summed E-state index contributed by atoms with van der Waals surface area (Å²) in [6.45, 7) is 3.32. The minimum absolute atomic E-state index is 0.00735. The van der Waals surface area contributed by atoms with Gasteiger partial charge in [0.15, 0.2) is 5.78 Å². The van der Waals surface area contributed by atoms with Crippen molar-refractivity contribution in [3.05, 3.63) is 89.9 Å². The van der Waals surface area contributed by atoms with Crippen molar-refractivity contribution >= 4 is 17.4 Å². The Labute approximate surface area is 158 Å². The molecule has 0 saturated carbocycles. The van der Waals surface area contributed by atoms with Gasteiger partial charge in [0.1, 0.15) is 5.76 Å². The van der Waals surface area contributed by atoms with Gasteiger partial charge in [-0.1, -0.05) is 30.3 Å². The summed E-state index contributed by atoms with van der Waals surface area (Å²) in [6, 6.07) is 19.7. The fourth-order valence-corrected chi connectivity index (χ4v) is 2.81. The fraction of sp³-hybridized carbons (Fsp3) is 0.182. The number of hydrogen-bond donors (Lipinski definition) is 2. The maximum atomic E-state index is 12.6. The lowest BCUT2D eigenvalue weighted by molar-refractivity contribution is -0.117. The van der Waals surface area contributed by atoms with Crippen molar-refractivity contribution < 1.29 is 14.0 Å². The summed E-state index contributed by atoms with van der Waals surface area (Å²) in [5.41, 5.74) is 2.27. The highest BCUT2D eigenvalue weighted by molar-refractivity contribution is 5.97. The highest BCUT2D eigenvalue weighted by Crippen LogP contribution is 2.23. The third-order valence-corrected chi connectivity index (χ3v) is 4.33. The summed E-state index contributed by atoms with van der Waals surface area (Å²) < 4.78 is 5.56. The Balaban J connectivity index is 1.70. The van der Waals surface area contributed by atoms with Crippen LogP contribution in [-0.2, 0) is 4.79 Å². The number of furan rings is 1. The molecule has 2 atom stereocenters. The van der Waals surface area contributed by atoms with E-state index in [1.54, 1.807) is 37.5 Å². The van der Waals surface area contributed by atoms with Crippen LogP contribution in [-0.4, -0.2) is 17.7 Å². The zero-order valence-electron chi connectivity index (χ0n) is 15.3. The fourth-order valence-electron chi connectivity index (χ4n) is 2.81. The van der Waals surface area contributed by atoms with Crippen LogP contribution in [0.4, 0.5) is 5.69 Å². The number of hydrogen-bond acceptors (Lipinski definition) is 4. The van der Waals surface area contributed by atoms with Gasteiger partial charge in [0, 0.05) is 11.3 Å². The van der Waals surface area contributed by atoms with E-state index in [4.69, 9.17) is 4.42 Å². The second-order valence-corrected chi connectivity index (χ2v) is 6.37. The van der Waals surface area contributed by atoms with E-state index in [0.717, 1.165) is 11.3 Å². The van der Waals surface area contributed by atoms with Crippen LogP contribution in [0.5, 0.6) is 0 Å². The summed E-state index contributed by atoms with van der Waals surface area (Å²) in [4.78, 5) is 23.9. The lowest BCUT2D eigenvalue weighted by Crippen LogP contribution is -2.40. The van der Waals surface area contributed by atoms with E-state index in [0.29, 0.717) is 11.3 Å². The summed E-state index contributed by atoms with van der Waals surface area (Å²) in [6.07, 6.45) is 1.62. The maximum absolute atomic E-state index is 12.6. The van der Waals surface area contributed by atoms with E-state index in [-0.39, 0.29) is 17.7 Å². The number of carbonyl (C=O) groups excluding carboxylic acids is 2. The molecule has 0 radical (unpaired) electrons. The summed E-state index contributed by atoms with van der Waals surface area (Å²) >= 11 is 0. The number of Topliss-reactive ketones (excluding diaryl/α,β-unsaturated/α-hetero) is 1. The molecular weight excluding hydrogens is 340 g/mol. The van der Waals surface area contributed by atoms with Crippen molar-refractivity contribution in [3.63, 3.8) is 0 Å². The van der Waals surface area contributed by atoms with Crippen LogP contribution in [0.25, 0.3) is 0 Å². The minimum Gasteiger partial charge on any atom is -0.467 e. The first-order valence-electron chi connectivity index (χ1n) is 8.81. The van der Waals surface area contributed by atoms with Crippen LogP contribution in [0.2, 0.25) is 0 Å². The monoisotopic (exact) mass is 362 g/mol. The summed E-state index contributed by atoms with van der Waals surface area (Å²) in [7, 11) is 0. The predicted octanol–water partition coefficient (Wildman–Crippen LogP) is 4.19. The van der Waals surface area contributed by atoms with Gasteiger partial charge in [-0.05, 0) is 55.8 Å². The van der Waals surface area contributed by atoms with Crippen LogP contribution in [0.3, 0.4) is 0 Å².